The molecule has 3 aromatic carbocycles. The minimum Gasteiger partial charge on any atom is -0.497 e. The van der Waals surface area contributed by atoms with E-state index in [1.54, 1.807) is 23.4 Å². The highest BCUT2D eigenvalue weighted by molar-refractivity contribution is 9.10. The van der Waals surface area contributed by atoms with Crippen LogP contribution in [0, 0.1) is 0 Å². The smallest absolute Gasteiger partial charge is 0.267 e. The molecule has 0 radical (unpaired) electrons. The normalized spacial score (nSPS) is 11.3. The third kappa shape index (κ3) is 3.62. The first-order valence-electron chi connectivity index (χ1n) is 9.56. The fourth-order valence-electron chi connectivity index (χ4n) is 3.53. The largest absolute Gasteiger partial charge is 0.497 e. The molecule has 0 saturated heterocycles. The highest BCUT2D eigenvalue weighted by Gasteiger charge is 2.18. The van der Waals surface area contributed by atoms with Crippen molar-refractivity contribution in [3.63, 3.8) is 0 Å². The molecule has 0 aliphatic rings. The van der Waals surface area contributed by atoms with Crippen molar-refractivity contribution >= 4 is 44.4 Å². The molecule has 5 rings (SSSR count). The van der Waals surface area contributed by atoms with Gasteiger partial charge in [-0.2, -0.15) is 0 Å². The van der Waals surface area contributed by atoms with Crippen LogP contribution < -0.4 is 10.3 Å². The van der Waals surface area contributed by atoms with Crippen molar-refractivity contribution in [1.29, 1.82) is 0 Å². The van der Waals surface area contributed by atoms with Gasteiger partial charge in [0.1, 0.15) is 5.75 Å². The summed E-state index contributed by atoms with van der Waals surface area (Å²) in [7, 11) is 1.60. The first-order valence-corrected chi connectivity index (χ1v) is 11.3. The van der Waals surface area contributed by atoms with Gasteiger partial charge in [0.05, 0.1) is 23.7 Å². The first-order chi connectivity index (χ1) is 15.2. The Labute approximate surface area is 190 Å². The van der Waals surface area contributed by atoms with E-state index in [9.17, 15) is 4.79 Å². The van der Waals surface area contributed by atoms with Crippen LogP contribution in [0.15, 0.2) is 87.2 Å². The van der Waals surface area contributed by atoms with Gasteiger partial charge in [-0.25, -0.2) is 4.57 Å². The third-order valence-corrected chi connectivity index (χ3v) is 6.46. The zero-order valence-corrected chi connectivity index (χ0v) is 18.9. The van der Waals surface area contributed by atoms with E-state index in [1.165, 1.54) is 5.56 Å². The SMILES string of the molecule is COc1cccc(-n2c(=O)c3ccccc3n3c(SCc4cccc(Br)c4)nnc23)c1. The monoisotopic (exact) mass is 492 g/mol. The highest BCUT2D eigenvalue weighted by atomic mass is 79.9. The lowest BCUT2D eigenvalue weighted by Crippen LogP contribution is -2.21. The van der Waals surface area contributed by atoms with E-state index in [0.717, 1.165) is 20.9 Å². The molecule has 0 aliphatic carbocycles. The van der Waals surface area contributed by atoms with Crippen LogP contribution in [0.4, 0.5) is 0 Å². The van der Waals surface area contributed by atoms with Crippen LogP contribution in [-0.2, 0) is 5.75 Å². The summed E-state index contributed by atoms with van der Waals surface area (Å²) in [5.74, 6) is 1.86. The van der Waals surface area contributed by atoms with Crippen molar-refractivity contribution in [2.75, 3.05) is 7.11 Å². The zero-order chi connectivity index (χ0) is 21.4. The number of methoxy groups -OCH3 is 1. The molecule has 154 valence electrons. The van der Waals surface area contributed by atoms with Crippen LogP contribution in [0.5, 0.6) is 5.75 Å². The van der Waals surface area contributed by atoms with E-state index in [4.69, 9.17) is 4.74 Å². The molecule has 5 aromatic rings. The standard InChI is InChI=1S/C23H17BrN4O2S/c1-30-18-9-5-8-17(13-18)27-21(29)19-10-2-3-11-20(19)28-22(27)25-26-23(28)31-14-15-6-4-7-16(24)12-15/h2-13H,14H2,1H3. The van der Waals surface area contributed by atoms with Crippen LogP contribution in [0.25, 0.3) is 22.4 Å². The Balaban J connectivity index is 1.71. The summed E-state index contributed by atoms with van der Waals surface area (Å²) in [4.78, 5) is 13.4. The summed E-state index contributed by atoms with van der Waals surface area (Å²) >= 11 is 5.10. The first kappa shape index (κ1) is 19.8. The lowest BCUT2D eigenvalue weighted by molar-refractivity contribution is 0.414. The average Bonchev–Trinajstić information content (AvgIpc) is 3.22. The maximum absolute atomic E-state index is 13.4. The molecule has 8 heteroatoms. The number of para-hydroxylation sites is 1. The lowest BCUT2D eigenvalue weighted by atomic mass is 10.2. The Morgan fingerprint density at radius 3 is 2.68 bits per heavy atom. The predicted octanol–water partition coefficient (Wildman–Crippen LogP) is 5.10. The lowest BCUT2D eigenvalue weighted by Gasteiger charge is -2.12. The second kappa shape index (κ2) is 8.20. The number of halogens is 1. The summed E-state index contributed by atoms with van der Waals surface area (Å²) in [6.45, 7) is 0. The summed E-state index contributed by atoms with van der Waals surface area (Å²) in [5, 5.41) is 10.1. The topological polar surface area (TPSA) is 61.4 Å². The van der Waals surface area contributed by atoms with E-state index in [0.29, 0.717) is 22.6 Å². The quantitative estimate of drug-likeness (QED) is 0.319. The zero-order valence-electron chi connectivity index (χ0n) is 16.5. The van der Waals surface area contributed by atoms with Gasteiger partial charge < -0.3 is 4.74 Å². The van der Waals surface area contributed by atoms with E-state index in [1.807, 2.05) is 65.1 Å². The molecule has 0 unspecified atom stereocenters. The number of fused-ring (bicyclic) bond motifs is 3. The van der Waals surface area contributed by atoms with Gasteiger partial charge in [-0.05, 0) is 42.0 Å². The Morgan fingerprint density at radius 1 is 1.00 bits per heavy atom. The molecule has 2 aromatic heterocycles. The van der Waals surface area contributed by atoms with Crippen LogP contribution >= 0.6 is 27.7 Å². The Morgan fingerprint density at radius 2 is 1.84 bits per heavy atom. The van der Waals surface area contributed by atoms with Crippen molar-refractivity contribution < 1.29 is 4.74 Å². The van der Waals surface area contributed by atoms with Crippen LogP contribution in [0.2, 0.25) is 0 Å². The molecule has 0 N–H and O–H groups in total. The molecule has 0 atom stereocenters. The summed E-state index contributed by atoms with van der Waals surface area (Å²) in [6, 6.07) is 23.1. The number of thioether (sulfide) groups is 1. The van der Waals surface area contributed by atoms with E-state index < -0.39 is 0 Å². The van der Waals surface area contributed by atoms with Gasteiger partial charge in [-0.1, -0.05) is 58.0 Å². The van der Waals surface area contributed by atoms with E-state index in [2.05, 4.69) is 38.3 Å². The summed E-state index contributed by atoms with van der Waals surface area (Å²) in [5.41, 5.74) is 2.48. The Hall–Kier alpha value is -3.10. The van der Waals surface area contributed by atoms with Gasteiger partial charge in [0, 0.05) is 16.3 Å². The van der Waals surface area contributed by atoms with Gasteiger partial charge >= 0.3 is 0 Å². The van der Waals surface area contributed by atoms with Gasteiger partial charge in [-0.3, -0.25) is 9.20 Å². The number of ether oxygens (including phenoxy) is 1. The number of hydrogen-bond donors (Lipinski definition) is 0. The van der Waals surface area contributed by atoms with Crippen LogP contribution in [0.1, 0.15) is 5.56 Å². The molecule has 6 nitrogen and oxygen atoms in total. The van der Waals surface area contributed by atoms with E-state index >= 15 is 0 Å². The Kier molecular flexibility index (Phi) is 5.25. The van der Waals surface area contributed by atoms with Crippen molar-refractivity contribution in [2.24, 2.45) is 0 Å². The molecule has 0 spiro atoms. The number of aromatic nitrogens is 4. The number of hydrogen-bond acceptors (Lipinski definition) is 5. The average molecular weight is 493 g/mol. The van der Waals surface area contributed by atoms with Crippen molar-refractivity contribution in [3.05, 3.63) is 93.2 Å². The minimum absolute atomic E-state index is 0.146. The molecule has 0 aliphatic heterocycles. The van der Waals surface area contributed by atoms with Crippen LogP contribution in [0.3, 0.4) is 0 Å². The van der Waals surface area contributed by atoms with Gasteiger partial charge in [-0.15, -0.1) is 10.2 Å². The third-order valence-electron chi connectivity index (χ3n) is 4.96. The predicted molar refractivity (Wildman–Crippen MR) is 126 cm³/mol. The van der Waals surface area contributed by atoms with Crippen molar-refractivity contribution in [3.8, 4) is 11.4 Å². The molecule has 0 saturated carbocycles. The number of rotatable bonds is 5. The fraction of sp³-hybridized carbons (Fsp3) is 0.0870. The number of benzene rings is 3. The maximum Gasteiger partial charge on any atom is 0.267 e. The van der Waals surface area contributed by atoms with Crippen molar-refractivity contribution in [1.82, 2.24) is 19.2 Å². The van der Waals surface area contributed by atoms with Gasteiger partial charge in [0.15, 0.2) is 5.16 Å². The highest BCUT2D eigenvalue weighted by Crippen LogP contribution is 2.27. The molecular weight excluding hydrogens is 476 g/mol. The number of nitrogens with zero attached hydrogens (tertiary/aromatic N) is 4. The second-order valence-electron chi connectivity index (χ2n) is 6.90. The van der Waals surface area contributed by atoms with Gasteiger partial charge in [0.25, 0.3) is 5.56 Å². The molecule has 0 fully saturated rings. The molecule has 2 heterocycles. The molecule has 0 bridgehead atoms. The fourth-order valence-corrected chi connectivity index (χ4v) is 4.86. The van der Waals surface area contributed by atoms with Crippen LogP contribution in [-0.4, -0.2) is 26.3 Å². The summed E-state index contributed by atoms with van der Waals surface area (Å²) in [6.07, 6.45) is 0. The Bertz CT molecular complexity index is 1480. The van der Waals surface area contributed by atoms with Crippen molar-refractivity contribution in [2.45, 2.75) is 10.9 Å². The van der Waals surface area contributed by atoms with E-state index in [-0.39, 0.29) is 5.56 Å². The summed E-state index contributed by atoms with van der Waals surface area (Å²) < 4.78 is 9.92. The molecule has 31 heavy (non-hydrogen) atoms. The second-order valence-corrected chi connectivity index (χ2v) is 8.75. The molecule has 0 amide bonds. The minimum atomic E-state index is -0.146. The molecular formula is C23H17BrN4O2S. The maximum atomic E-state index is 13.4. The van der Waals surface area contributed by atoms with Gasteiger partial charge in [0.2, 0.25) is 5.78 Å².